The Labute approximate surface area is 128 Å². The summed E-state index contributed by atoms with van der Waals surface area (Å²) in [6, 6.07) is 5.24. The highest BCUT2D eigenvalue weighted by molar-refractivity contribution is 5.93. The quantitative estimate of drug-likeness (QED) is 0.878. The third-order valence-corrected chi connectivity index (χ3v) is 4.39. The van der Waals surface area contributed by atoms with Crippen molar-refractivity contribution in [3.63, 3.8) is 0 Å². The fourth-order valence-corrected chi connectivity index (χ4v) is 2.96. The number of amides is 2. The molecule has 0 saturated heterocycles. The van der Waals surface area contributed by atoms with Gasteiger partial charge in [-0.05, 0) is 43.0 Å². The number of rotatable bonds is 2. The molecule has 1 saturated carbocycles. The summed E-state index contributed by atoms with van der Waals surface area (Å²) in [6.07, 6.45) is 7.05. The predicted molar refractivity (Wildman–Crippen MR) is 84.0 cm³/mol. The van der Waals surface area contributed by atoms with Crippen LogP contribution in [0.15, 0.2) is 30.5 Å². The van der Waals surface area contributed by atoms with Crippen LogP contribution in [0, 0.1) is 5.82 Å². The van der Waals surface area contributed by atoms with Crippen molar-refractivity contribution in [1.82, 2.24) is 15.2 Å². The topological polar surface area (TPSA) is 48.1 Å². The Morgan fingerprint density at radius 3 is 2.95 bits per heavy atom. The van der Waals surface area contributed by atoms with Gasteiger partial charge in [-0.2, -0.15) is 0 Å². The molecule has 1 aliphatic carbocycles. The van der Waals surface area contributed by atoms with Crippen LogP contribution in [0.5, 0.6) is 0 Å². The van der Waals surface area contributed by atoms with Gasteiger partial charge in [0.1, 0.15) is 5.82 Å². The zero-order chi connectivity index (χ0) is 15.1. The number of carbonyl (C=O) groups excluding carboxylic acids is 1. The third-order valence-electron chi connectivity index (χ3n) is 4.39. The Morgan fingerprint density at radius 2 is 2.23 bits per heavy atom. The Hall–Kier alpha value is -2.30. The van der Waals surface area contributed by atoms with Crippen LogP contribution in [0.25, 0.3) is 16.5 Å². The summed E-state index contributed by atoms with van der Waals surface area (Å²) in [7, 11) is 0. The zero-order valence-corrected chi connectivity index (χ0v) is 12.2. The molecule has 22 heavy (non-hydrogen) atoms. The van der Waals surface area contributed by atoms with E-state index in [0.717, 1.165) is 42.3 Å². The number of benzene rings is 1. The molecule has 2 amide bonds. The maximum Gasteiger partial charge on any atom is 0.317 e. The van der Waals surface area contributed by atoms with Gasteiger partial charge >= 0.3 is 6.03 Å². The number of carbonyl (C=O) groups is 1. The molecule has 4 rings (SSSR count). The molecular weight excluding hydrogens is 281 g/mol. The zero-order valence-electron chi connectivity index (χ0n) is 12.2. The van der Waals surface area contributed by atoms with Gasteiger partial charge in [0.15, 0.2) is 0 Å². The lowest BCUT2D eigenvalue weighted by Crippen LogP contribution is -2.42. The van der Waals surface area contributed by atoms with E-state index in [9.17, 15) is 9.18 Å². The first kappa shape index (κ1) is 13.4. The van der Waals surface area contributed by atoms with E-state index in [1.54, 1.807) is 0 Å². The second kappa shape index (κ2) is 5.16. The molecule has 0 radical (unpaired) electrons. The minimum absolute atomic E-state index is 0.0406. The number of H-pyrrole nitrogens is 1. The largest absolute Gasteiger partial charge is 0.360 e. The van der Waals surface area contributed by atoms with Crippen LogP contribution in [-0.2, 0) is 0 Å². The molecular formula is C17H18FN3O. The summed E-state index contributed by atoms with van der Waals surface area (Å²) in [5.74, 6) is -0.235. The molecule has 2 aromatic rings. The number of hydrogen-bond acceptors (Lipinski definition) is 1. The van der Waals surface area contributed by atoms with E-state index in [1.807, 2.05) is 17.2 Å². The van der Waals surface area contributed by atoms with Crippen LogP contribution in [-0.4, -0.2) is 35.0 Å². The van der Waals surface area contributed by atoms with Crippen molar-refractivity contribution >= 4 is 22.5 Å². The van der Waals surface area contributed by atoms with Crippen molar-refractivity contribution < 1.29 is 9.18 Å². The standard InChI is InChI=1S/C17H18FN3O/c18-12-1-4-14-15(10-19-16(14)9-12)11-5-7-21(8-6-11)17(22)20-13-2-3-13/h1,4-5,9-10,13,19H,2-3,6-8H2,(H,20,22). The molecule has 0 unspecified atom stereocenters. The maximum absolute atomic E-state index is 13.3. The van der Waals surface area contributed by atoms with Gasteiger partial charge in [-0.25, -0.2) is 9.18 Å². The second-order valence-corrected chi connectivity index (χ2v) is 6.04. The minimum Gasteiger partial charge on any atom is -0.360 e. The molecule has 1 aromatic heterocycles. The Balaban J connectivity index is 1.53. The normalized spacial score (nSPS) is 18.4. The highest BCUT2D eigenvalue weighted by atomic mass is 19.1. The molecule has 0 bridgehead atoms. The Bertz CT molecular complexity index is 760. The van der Waals surface area contributed by atoms with Crippen molar-refractivity contribution in [2.75, 3.05) is 13.1 Å². The Kier molecular flexibility index (Phi) is 3.13. The number of fused-ring (bicyclic) bond motifs is 1. The van der Waals surface area contributed by atoms with Crippen LogP contribution in [0.1, 0.15) is 24.8 Å². The molecule has 1 fully saturated rings. The van der Waals surface area contributed by atoms with Gasteiger partial charge < -0.3 is 15.2 Å². The number of aromatic nitrogens is 1. The summed E-state index contributed by atoms with van der Waals surface area (Å²) >= 11 is 0. The van der Waals surface area contributed by atoms with Crippen LogP contribution in [0.4, 0.5) is 9.18 Å². The number of urea groups is 1. The van der Waals surface area contributed by atoms with Gasteiger partial charge in [0.05, 0.1) is 0 Å². The first-order valence-electron chi connectivity index (χ1n) is 7.72. The van der Waals surface area contributed by atoms with Crippen LogP contribution < -0.4 is 5.32 Å². The van der Waals surface area contributed by atoms with E-state index in [1.165, 1.54) is 17.7 Å². The molecule has 2 aliphatic rings. The molecule has 2 N–H and O–H groups in total. The second-order valence-electron chi connectivity index (χ2n) is 6.04. The SMILES string of the molecule is O=C(NC1CC1)N1CC=C(c2c[nH]c3cc(F)ccc23)CC1. The fourth-order valence-electron chi connectivity index (χ4n) is 2.96. The van der Waals surface area contributed by atoms with E-state index >= 15 is 0 Å². The number of hydrogen-bond donors (Lipinski definition) is 2. The highest BCUT2D eigenvalue weighted by Gasteiger charge is 2.26. The molecule has 1 aliphatic heterocycles. The van der Waals surface area contributed by atoms with Gasteiger partial charge in [0.2, 0.25) is 0 Å². The highest BCUT2D eigenvalue weighted by Crippen LogP contribution is 2.29. The van der Waals surface area contributed by atoms with Crippen LogP contribution in [0.2, 0.25) is 0 Å². The number of nitrogens with one attached hydrogen (secondary N) is 2. The average molecular weight is 299 g/mol. The van der Waals surface area contributed by atoms with Gasteiger partial charge in [0.25, 0.3) is 0 Å². The molecule has 4 nitrogen and oxygen atoms in total. The van der Waals surface area contributed by atoms with Crippen molar-refractivity contribution in [2.45, 2.75) is 25.3 Å². The monoisotopic (exact) mass is 299 g/mol. The first-order valence-corrected chi connectivity index (χ1v) is 7.72. The van der Waals surface area contributed by atoms with E-state index < -0.39 is 0 Å². The maximum atomic E-state index is 13.3. The summed E-state index contributed by atoms with van der Waals surface area (Å²) < 4.78 is 13.3. The smallest absolute Gasteiger partial charge is 0.317 e. The molecule has 114 valence electrons. The van der Waals surface area contributed by atoms with E-state index in [2.05, 4.69) is 16.4 Å². The fraction of sp³-hybridized carbons (Fsp3) is 0.353. The molecule has 1 aromatic carbocycles. The minimum atomic E-state index is -0.235. The van der Waals surface area contributed by atoms with E-state index in [4.69, 9.17) is 0 Å². The summed E-state index contributed by atoms with van der Waals surface area (Å²) in [6.45, 7) is 1.35. The van der Waals surface area contributed by atoms with Gasteiger partial charge in [-0.1, -0.05) is 6.08 Å². The van der Waals surface area contributed by atoms with Crippen molar-refractivity contribution in [3.05, 3.63) is 41.9 Å². The number of nitrogens with zero attached hydrogens (tertiary/aromatic N) is 1. The van der Waals surface area contributed by atoms with Crippen LogP contribution >= 0.6 is 0 Å². The van der Waals surface area contributed by atoms with Crippen molar-refractivity contribution in [3.8, 4) is 0 Å². The van der Waals surface area contributed by atoms with Crippen molar-refractivity contribution in [1.29, 1.82) is 0 Å². The molecule has 0 spiro atoms. The van der Waals surface area contributed by atoms with Gasteiger partial charge in [-0.3, -0.25) is 0 Å². The molecule has 0 atom stereocenters. The first-order chi connectivity index (χ1) is 10.7. The lowest BCUT2D eigenvalue weighted by molar-refractivity contribution is 0.202. The van der Waals surface area contributed by atoms with Crippen molar-refractivity contribution in [2.24, 2.45) is 0 Å². The third kappa shape index (κ3) is 2.47. The lowest BCUT2D eigenvalue weighted by atomic mass is 9.99. The van der Waals surface area contributed by atoms with Gasteiger partial charge in [0, 0.05) is 41.8 Å². The number of aromatic amines is 1. The predicted octanol–water partition coefficient (Wildman–Crippen LogP) is 3.27. The summed E-state index contributed by atoms with van der Waals surface area (Å²) in [5.41, 5.74) is 3.13. The van der Waals surface area contributed by atoms with E-state index in [-0.39, 0.29) is 11.8 Å². The Morgan fingerprint density at radius 1 is 1.36 bits per heavy atom. The summed E-state index contributed by atoms with van der Waals surface area (Å²) in [4.78, 5) is 17.0. The van der Waals surface area contributed by atoms with Gasteiger partial charge in [-0.15, -0.1) is 0 Å². The average Bonchev–Trinajstić information content (AvgIpc) is 3.24. The molecule has 2 heterocycles. The van der Waals surface area contributed by atoms with Crippen LogP contribution in [0.3, 0.4) is 0 Å². The summed E-state index contributed by atoms with van der Waals surface area (Å²) in [5, 5.41) is 4.05. The molecule has 5 heteroatoms. The number of halogens is 1. The lowest BCUT2D eigenvalue weighted by Gasteiger charge is -2.26. The van der Waals surface area contributed by atoms with E-state index in [0.29, 0.717) is 12.6 Å².